The van der Waals surface area contributed by atoms with Gasteiger partial charge in [-0.1, -0.05) is 117 Å². The molecule has 3 heteroatoms. The lowest BCUT2D eigenvalue weighted by Gasteiger charge is -2.35. The summed E-state index contributed by atoms with van der Waals surface area (Å²) < 4.78 is 0. The Bertz CT molecular complexity index is 2240. The average Bonchev–Trinajstić information content (AvgIpc) is 3.61. The van der Waals surface area contributed by atoms with E-state index < -0.39 is 0 Å². The zero-order valence-corrected chi connectivity index (χ0v) is 27.6. The fourth-order valence-electron chi connectivity index (χ4n) is 8.35. The highest BCUT2D eigenvalue weighted by molar-refractivity contribution is 5.88. The molecular formula is C45H39N3. The van der Waals surface area contributed by atoms with E-state index in [4.69, 9.17) is 0 Å². The molecular weight excluding hydrogens is 583 g/mol. The lowest BCUT2D eigenvalue weighted by Crippen LogP contribution is -2.28. The number of fused-ring (bicyclic) bond motifs is 5. The van der Waals surface area contributed by atoms with E-state index in [9.17, 15) is 0 Å². The first kappa shape index (κ1) is 28.7. The van der Waals surface area contributed by atoms with E-state index in [1.165, 1.54) is 50.1 Å². The van der Waals surface area contributed by atoms with Crippen LogP contribution in [0.4, 0.5) is 28.4 Å². The smallest absolute Gasteiger partial charge is 0.130 e. The molecule has 6 aromatic carbocycles. The van der Waals surface area contributed by atoms with Crippen molar-refractivity contribution in [2.75, 3.05) is 15.1 Å². The van der Waals surface area contributed by atoms with Gasteiger partial charge in [0.15, 0.2) is 0 Å². The molecule has 1 N–H and O–H groups in total. The Morgan fingerprint density at radius 2 is 1.44 bits per heavy atom. The first-order valence-corrected chi connectivity index (χ1v) is 17.1. The molecule has 0 saturated carbocycles. The third-order valence-corrected chi connectivity index (χ3v) is 10.8. The van der Waals surface area contributed by atoms with E-state index in [0.29, 0.717) is 11.8 Å². The molecule has 9 rings (SSSR count). The Morgan fingerprint density at radius 3 is 2.29 bits per heavy atom. The maximum Gasteiger partial charge on any atom is 0.130 e. The zero-order chi connectivity index (χ0) is 32.4. The summed E-state index contributed by atoms with van der Waals surface area (Å²) in [7, 11) is 0. The first-order chi connectivity index (χ1) is 23.5. The summed E-state index contributed by atoms with van der Waals surface area (Å²) in [6.07, 6.45) is 7.30. The Labute approximate surface area is 283 Å². The first-order valence-electron chi connectivity index (χ1n) is 17.1. The van der Waals surface area contributed by atoms with Crippen molar-refractivity contribution in [1.82, 2.24) is 0 Å². The molecule has 0 fully saturated rings. The number of para-hydroxylation sites is 2. The minimum Gasteiger partial charge on any atom is -0.359 e. The number of hydrogen-bond donors (Lipinski definition) is 1. The Morgan fingerprint density at radius 1 is 0.688 bits per heavy atom. The number of benzene rings is 6. The lowest BCUT2D eigenvalue weighted by atomic mass is 9.74. The van der Waals surface area contributed by atoms with Crippen molar-refractivity contribution in [2.24, 2.45) is 5.92 Å². The number of anilines is 5. The van der Waals surface area contributed by atoms with Gasteiger partial charge in [-0.2, -0.15) is 0 Å². The second-order valence-corrected chi connectivity index (χ2v) is 14.0. The Hall–Kier alpha value is -5.54. The molecule has 6 aromatic rings. The molecule has 1 heterocycles. The van der Waals surface area contributed by atoms with Gasteiger partial charge >= 0.3 is 0 Å². The van der Waals surface area contributed by atoms with Gasteiger partial charge in [-0.05, 0) is 106 Å². The van der Waals surface area contributed by atoms with E-state index >= 15 is 0 Å². The number of rotatable bonds is 5. The predicted octanol–water partition coefficient (Wildman–Crippen LogP) is 11.7. The quantitative estimate of drug-likeness (QED) is 0.207. The van der Waals surface area contributed by atoms with Gasteiger partial charge in [0.2, 0.25) is 0 Å². The molecule has 3 aliphatic rings. The summed E-state index contributed by atoms with van der Waals surface area (Å²) >= 11 is 0. The minimum atomic E-state index is -0.0142. The standard InChI is InChI=1S/C45H39N3/c1-30-11-10-14-35(27-30)48-43-18-9-8-17-42(43)46-44(48)32-20-22-34(23-21-32)47(36-24-19-31-12-4-5-13-33(31)28-36)37-25-26-39-38-15-6-7-16-40(38)45(2,3)41(39)29-37/h4-29,39,41,44,46H,1-3H3. The van der Waals surface area contributed by atoms with Gasteiger partial charge in [-0.15, -0.1) is 0 Å². The third kappa shape index (κ3) is 4.57. The molecule has 1 aliphatic heterocycles. The molecule has 0 spiro atoms. The van der Waals surface area contributed by atoms with Crippen LogP contribution < -0.4 is 15.1 Å². The van der Waals surface area contributed by atoms with Crippen LogP contribution in [-0.4, -0.2) is 0 Å². The summed E-state index contributed by atoms with van der Waals surface area (Å²) in [5.41, 5.74) is 12.5. The van der Waals surface area contributed by atoms with Crippen molar-refractivity contribution < 1.29 is 0 Å². The second-order valence-electron chi connectivity index (χ2n) is 14.0. The molecule has 2 aliphatic carbocycles. The summed E-state index contributed by atoms with van der Waals surface area (Å²) in [6.45, 7) is 6.98. The van der Waals surface area contributed by atoms with Gasteiger partial charge in [0.05, 0.1) is 11.4 Å². The van der Waals surface area contributed by atoms with Crippen LogP contribution in [0.15, 0.2) is 163 Å². The van der Waals surface area contributed by atoms with Gasteiger partial charge in [0.25, 0.3) is 0 Å². The number of nitrogens with zero attached hydrogens (tertiary/aromatic N) is 2. The molecule has 3 nitrogen and oxygen atoms in total. The molecule has 234 valence electrons. The normalized spacial score (nSPS) is 20.1. The fourth-order valence-corrected chi connectivity index (χ4v) is 8.35. The fraction of sp³-hybridized carbons (Fsp3) is 0.156. The molecule has 0 radical (unpaired) electrons. The average molecular weight is 622 g/mol. The summed E-state index contributed by atoms with van der Waals surface area (Å²) in [4.78, 5) is 4.86. The molecule has 0 saturated heterocycles. The lowest BCUT2D eigenvalue weighted by molar-refractivity contribution is 0.392. The van der Waals surface area contributed by atoms with Gasteiger partial charge in [0.1, 0.15) is 6.17 Å². The number of aryl methyl sites for hydroxylation is 1. The van der Waals surface area contributed by atoms with Crippen LogP contribution in [0, 0.1) is 12.8 Å². The second kappa shape index (κ2) is 11.0. The van der Waals surface area contributed by atoms with Crippen LogP contribution in [0.3, 0.4) is 0 Å². The van der Waals surface area contributed by atoms with Crippen LogP contribution in [0.5, 0.6) is 0 Å². The van der Waals surface area contributed by atoms with Gasteiger partial charge < -0.3 is 15.1 Å². The van der Waals surface area contributed by atoms with Crippen molar-refractivity contribution >= 4 is 39.2 Å². The number of nitrogens with one attached hydrogen (secondary N) is 1. The highest BCUT2D eigenvalue weighted by atomic mass is 15.3. The summed E-state index contributed by atoms with van der Waals surface area (Å²) in [5.74, 6) is 0.768. The molecule has 0 amide bonds. The Kier molecular flexibility index (Phi) is 6.58. The number of hydrogen-bond acceptors (Lipinski definition) is 3. The van der Waals surface area contributed by atoms with E-state index in [1.807, 2.05) is 0 Å². The molecule has 3 atom stereocenters. The largest absolute Gasteiger partial charge is 0.359 e. The van der Waals surface area contributed by atoms with Gasteiger partial charge in [-0.3, -0.25) is 0 Å². The van der Waals surface area contributed by atoms with Crippen molar-refractivity contribution in [1.29, 1.82) is 0 Å². The monoisotopic (exact) mass is 621 g/mol. The Balaban J connectivity index is 1.13. The van der Waals surface area contributed by atoms with Gasteiger partial charge in [0, 0.05) is 28.7 Å². The van der Waals surface area contributed by atoms with Crippen LogP contribution in [0.2, 0.25) is 0 Å². The van der Waals surface area contributed by atoms with Crippen molar-refractivity contribution in [3.8, 4) is 0 Å². The molecule has 48 heavy (non-hydrogen) atoms. The van der Waals surface area contributed by atoms with Crippen molar-refractivity contribution in [3.05, 3.63) is 186 Å². The highest BCUT2D eigenvalue weighted by Crippen LogP contribution is 2.54. The third-order valence-electron chi connectivity index (χ3n) is 10.8. The minimum absolute atomic E-state index is 0.0142. The van der Waals surface area contributed by atoms with E-state index in [1.54, 1.807) is 0 Å². The van der Waals surface area contributed by atoms with Crippen molar-refractivity contribution in [3.63, 3.8) is 0 Å². The van der Waals surface area contributed by atoms with Crippen LogP contribution >= 0.6 is 0 Å². The van der Waals surface area contributed by atoms with Crippen LogP contribution in [0.1, 0.15) is 48.2 Å². The van der Waals surface area contributed by atoms with E-state index in [2.05, 4.69) is 194 Å². The van der Waals surface area contributed by atoms with E-state index in [0.717, 1.165) is 17.1 Å². The van der Waals surface area contributed by atoms with Crippen LogP contribution in [0.25, 0.3) is 10.8 Å². The highest BCUT2D eigenvalue weighted by Gasteiger charge is 2.45. The molecule has 0 bridgehead atoms. The van der Waals surface area contributed by atoms with Crippen molar-refractivity contribution in [2.45, 2.75) is 38.3 Å². The maximum atomic E-state index is 3.82. The number of allylic oxidation sites excluding steroid dienone is 3. The summed E-state index contributed by atoms with van der Waals surface area (Å²) in [6, 6.07) is 51.0. The molecule has 3 unspecified atom stereocenters. The van der Waals surface area contributed by atoms with E-state index in [-0.39, 0.29) is 11.6 Å². The van der Waals surface area contributed by atoms with Gasteiger partial charge in [-0.25, -0.2) is 0 Å². The predicted molar refractivity (Wildman–Crippen MR) is 202 cm³/mol. The SMILES string of the molecule is Cc1cccc(N2c3ccccc3NC2c2ccc(N(C3=CC4C(C=C3)c3ccccc3C4(C)C)c3ccc4ccccc4c3)cc2)c1. The topological polar surface area (TPSA) is 18.5 Å². The zero-order valence-electron chi connectivity index (χ0n) is 27.6. The maximum absolute atomic E-state index is 3.82. The van der Waals surface area contributed by atoms with Crippen LogP contribution in [-0.2, 0) is 5.41 Å². The molecule has 0 aromatic heterocycles. The summed E-state index contributed by atoms with van der Waals surface area (Å²) in [5, 5.41) is 6.31.